The van der Waals surface area contributed by atoms with Gasteiger partial charge in [-0.3, -0.25) is 5.32 Å². The molecule has 0 bridgehead atoms. The average Bonchev–Trinajstić information content (AvgIpc) is 2.85. The Bertz CT molecular complexity index is 952. The summed E-state index contributed by atoms with van der Waals surface area (Å²) < 4.78 is 21.2. The van der Waals surface area contributed by atoms with Crippen molar-refractivity contribution in [2.75, 3.05) is 32.2 Å². The zero-order valence-corrected chi connectivity index (χ0v) is 19.6. The Balaban J connectivity index is 2.14. The maximum absolute atomic E-state index is 12.6. The summed E-state index contributed by atoms with van der Waals surface area (Å²) in [5.74, 6) is 0.623. The number of methoxy groups -OCH3 is 1. The van der Waals surface area contributed by atoms with Crippen LogP contribution in [0.4, 0.5) is 10.5 Å². The van der Waals surface area contributed by atoms with E-state index in [9.17, 15) is 9.59 Å². The van der Waals surface area contributed by atoms with Crippen LogP contribution in [0.2, 0.25) is 0 Å². The number of anilines is 1. The number of rotatable bonds is 12. The number of hydrogen-bond donors (Lipinski definition) is 2. The number of aliphatic hydroxyl groups excluding tert-OH is 1. The predicted molar refractivity (Wildman–Crippen MR) is 129 cm³/mol. The average molecular weight is 470 g/mol. The van der Waals surface area contributed by atoms with E-state index >= 15 is 0 Å². The molecule has 2 aromatic carbocycles. The van der Waals surface area contributed by atoms with E-state index in [0.717, 1.165) is 5.56 Å². The minimum Gasteiger partial charge on any atom is -0.497 e. The van der Waals surface area contributed by atoms with Gasteiger partial charge in [-0.15, -0.1) is 0 Å². The molecule has 2 N–H and O–H groups in total. The van der Waals surface area contributed by atoms with Crippen molar-refractivity contribution >= 4 is 17.7 Å². The summed E-state index contributed by atoms with van der Waals surface area (Å²) >= 11 is 0. The second-order valence-corrected chi connectivity index (χ2v) is 7.18. The number of hydrogen-bond acceptors (Lipinski definition) is 7. The van der Waals surface area contributed by atoms with Gasteiger partial charge in [0.25, 0.3) is 0 Å². The molecular formula is C26H31NO7. The Labute approximate surface area is 199 Å². The molecule has 0 aromatic heterocycles. The first-order valence-electron chi connectivity index (χ1n) is 10.9. The highest BCUT2D eigenvalue weighted by atomic mass is 16.6. The van der Waals surface area contributed by atoms with E-state index in [2.05, 4.69) is 5.32 Å². The minimum atomic E-state index is -0.614. The number of carbonyl (C=O) groups is 2. The molecule has 2 rings (SSSR count). The van der Waals surface area contributed by atoms with Gasteiger partial charge in [0, 0.05) is 17.7 Å². The van der Waals surface area contributed by atoms with E-state index in [1.165, 1.54) is 6.08 Å². The number of esters is 1. The van der Waals surface area contributed by atoms with Gasteiger partial charge in [-0.1, -0.05) is 37.3 Å². The van der Waals surface area contributed by atoms with Crippen LogP contribution in [0.1, 0.15) is 25.5 Å². The monoisotopic (exact) mass is 469 g/mol. The van der Waals surface area contributed by atoms with Gasteiger partial charge >= 0.3 is 12.1 Å². The highest BCUT2D eigenvalue weighted by molar-refractivity contribution is 5.85. The summed E-state index contributed by atoms with van der Waals surface area (Å²) in [4.78, 5) is 24.1. The second kappa shape index (κ2) is 14.4. The predicted octanol–water partition coefficient (Wildman–Crippen LogP) is 4.67. The van der Waals surface area contributed by atoms with Crippen LogP contribution in [0, 0.1) is 5.92 Å². The van der Waals surface area contributed by atoms with Gasteiger partial charge < -0.3 is 24.1 Å². The minimum absolute atomic E-state index is 0.0832. The molecule has 34 heavy (non-hydrogen) atoms. The third-order valence-corrected chi connectivity index (χ3v) is 4.66. The van der Waals surface area contributed by atoms with Gasteiger partial charge in [-0.2, -0.15) is 0 Å². The van der Waals surface area contributed by atoms with Crippen LogP contribution in [0.3, 0.4) is 0 Å². The lowest BCUT2D eigenvalue weighted by Gasteiger charge is -2.23. The number of nitrogens with one attached hydrogen (secondary N) is 1. The highest BCUT2D eigenvalue weighted by Crippen LogP contribution is 2.29. The number of carbonyl (C=O) groups excluding carboxylic acids is 2. The summed E-state index contributed by atoms with van der Waals surface area (Å²) in [7, 11) is 1.57. The van der Waals surface area contributed by atoms with E-state index in [-0.39, 0.29) is 19.1 Å². The summed E-state index contributed by atoms with van der Waals surface area (Å²) in [5, 5.41) is 11.6. The third kappa shape index (κ3) is 8.99. The molecule has 0 radical (unpaired) electrons. The van der Waals surface area contributed by atoms with Crippen molar-refractivity contribution in [2.45, 2.75) is 20.0 Å². The quantitative estimate of drug-likeness (QED) is 0.265. The Kier molecular flexibility index (Phi) is 11.2. The Morgan fingerprint density at radius 2 is 1.71 bits per heavy atom. The lowest BCUT2D eigenvalue weighted by atomic mass is 9.96. The van der Waals surface area contributed by atoms with E-state index in [1.807, 2.05) is 13.0 Å². The zero-order valence-electron chi connectivity index (χ0n) is 19.6. The van der Waals surface area contributed by atoms with Crippen LogP contribution in [0.25, 0.3) is 0 Å². The molecule has 1 amide bonds. The largest absolute Gasteiger partial charge is 0.497 e. The SMILES string of the molecule is CCOC(=O)/C=C/C=C/[C@H](C)[C@@H](OC(=O)Nc1ccc(OC)cc1)c1ccc(OCCO)cc1. The van der Waals surface area contributed by atoms with Crippen molar-refractivity contribution in [3.05, 3.63) is 78.4 Å². The maximum Gasteiger partial charge on any atom is 0.412 e. The van der Waals surface area contributed by atoms with Crippen LogP contribution in [-0.2, 0) is 14.3 Å². The standard InChI is InChI=1S/C26H31NO7/c1-4-32-24(29)8-6-5-7-19(2)25(20-9-13-23(14-10-20)33-18-17-28)34-26(30)27-21-11-15-22(31-3)16-12-21/h5-16,19,25,28H,4,17-18H2,1-3H3,(H,27,30)/b7-5+,8-6+/t19-,25+/m0/s1. The van der Waals surface area contributed by atoms with E-state index < -0.39 is 18.2 Å². The zero-order chi connectivity index (χ0) is 24.8. The molecule has 2 aromatic rings. The van der Waals surface area contributed by atoms with Gasteiger partial charge in [-0.05, 0) is 48.9 Å². The van der Waals surface area contributed by atoms with Gasteiger partial charge in [0.05, 0.1) is 20.3 Å². The molecule has 0 saturated heterocycles. The first-order valence-corrected chi connectivity index (χ1v) is 10.9. The van der Waals surface area contributed by atoms with Crippen molar-refractivity contribution in [2.24, 2.45) is 5.92 Å². The molecule has 2 atom stereocenters. The van der Waals surface area contributed by atoms with Crippen molar-refractivity contribution in [3.63, 3.8) is 0 Å². The van der Waals surface area contributed by atoms with Crippen LogP contribution in [0.15, 0.2) is 72.8 Å². The number of amides is 1. The summed E-state index contributed by atoms with van der Waals surface area (Å²) in [5.41, 5.74) is 1.32. The van der Waals surface area contributed by atoms with Crippen molar-refractivity contribution < 1.29 is 33.6 Å². The van der Waals surface area contributed by atoms with Gasteiger partial charge in [0.15, 0.2) is 0 Å². The first-order chi connectivity index (χ1) is 16.5. The van der Waals surface area contributed by atoms with Gasteiger partial charge in [0.1, 0.15) is 24.2 Å². The first kappa shape index (κ1) is 26.5. The third-order valence-electron chi connectivity index (χ3n) is 4.66. The lowest BCUT2D eigenvalue weighted by Crippen LogP contribution is -2.21. The second-order valence-electron chi connectivity index (χ2n) is 7.18. The van der Waals surface area contributed by atoms with E-state index in [4.69, 9.17) is 24.1 Å². The molecule has 182 valence electrons. The molecule has 0 aliphatic rings. The molecular weight excluding hydrogens is 438 g/mol. The van der Waals surface area contributed by atoms with Crippen molar-refractivity contribution in [1.29, 1.82) is 0 Å². The number of benzene rings is 2. The Morgan fingerprint density at radius 3 is 2.32 bits per heavy atom. The molecule has 0 heterocycles. The molecule has 0 aliphatic carbocycles. The van der Waals surface area contributed by atoms with Crippen LogP contribution in [-0.4, -0.2) is 44.1 Å². The van der Waals surface area contributed by atoms with E-state index in [1.54, 1.807) is 74.7 Å². The number of allylic oxidation sites excluding steroid dienone is 2. The normalized spacial score (nSPS) is 12.8. The van der Waals surface area contributed by atoms with E-state index in [0.29, 0.717) is 23.8 Å². The smallest absolute Gasteiger partial charge is 0.412 e. The molecule has 0 unspecified atom stereocenters. The van der Waals surface area contributed by atoms with Crippen LogP contribution >= 0.6 is 0 Å². The highest BCUT2D eigenvalue weighted by Gasteiger charge is 2.22. The topological polar surface area (TPSA) is 103 Å². The number of aliphatic hydroxyl groups is 1. The molecule has 8 nitrogen and oxygen atoms in total. The molecule has 0 aliphatic heterocycles. The van der Waals surface area contributed by atoms with Crippen molar-refractivity contribution in [1.82, 2.24) is 0 Å². The van der Waals surface area contributed by atoms with Crippen LogP contribution in [0.5, 0.6) is 11.5 Å². The summed E-state index contributed by atoms with van der Waals surface area (Å²) in [6, 6.07) is 14.0. The lowest BCUT2D eigenvalue weighted by molar-refractivity contribution is -0.137. The van der Waals surface area contributed by atoms with Gasteiger partial charge in [-0.25, -0.2) is 9.59 Å². The molecule has 0 spiro atoms. The van der Waals surface area contributed by atoms with Crippen molar-refractivity contribution in [3.8, 4) is 11.5 Å². The fourth-order valence-corrected chi connectivity index (χ4v) is 3.00. The molecule has 8 heteroatoms. The number of ether oxygens (including phenoxy) is 4. The van der Waals surface area contributed by atoms with Crippen LogP contribution < -0.4 is 14.8 Å². The molecule has 0 fully saturated rings. The fourth-order valence-electron chi connectivity index (χ4n) is 3.00. The Morgan fingerprint density at radius 1 is 1.03 bits per heavy atom. The fraction of sp³-hybridized carbons (Fsp3) is 0.308. The molecule has 0 saturated carbocycles. The summed E-state index contributed by atoms with van der Waals surface area (Å²) in [6.07, 6.45) is 5.21. The van der Waals surface area contributed by atoms with Gasteiger partial charge in [0.2, 0.25) is 0 Å². The Hall–Kier alpha value is -3.78. The summed E-state index contributed by atoms with van der Waals surface area (Å²) in [6.45, 7) is 4.05. The maximum atomic E-state index is 12.6.